The molecule has 24 heavy (non-hydrogen) atoms. The molecule has 1 aliphatic rings. The van der Waals surface area contributed by atoms with Gasteiger partial charge in [0.15, 0.2) is 0 Å². The second-order valence-electron chi connectivity index (χ2n) is 6.48. The number of hydrogen-bond donors (Lipinski definition) is 1. The fourth-order valence-corrected chi connectivity index (χ4v) is 3.18. The summed E-state index contributed by atoms with van der Waals surface area (Å²) in [4.78, 5) is 19.6. The molecule has 4 heteroatoms. The number of pyridine rings is 1. The molecule has 1 saturated heterocycles. The van der Waals surface area contributed by atoms with Gasteiger partial charge in [-0.05, 0) is 56.0 Å². The lowest BCUT2D eigenvalue weighted by Crippen LogP contribution is -2.28. The van der Waals surface area contributed by atoms with E-state index in [0.717, 1.165) is 43.0 Å². The van der Waals surface area contributed by atoms with Crippen LogP contribution >= 0.6 is 0 Å². The molecular formula is C20H25N3O. The summed E-state index contributed by atoms with van der Waals surface area (Å²) in [6.45, 7) is 6.03. The van der Waals surface area contributed by atoms with Crippen molar-refractivity contribution < 1.29 is 4.79 Å². The minimum atomic E-state index is -0.0870. The SMILES string of the molecule is Cc1cccc(NC(=O)c2cccnc2N2CCCCCC2)c1C. The monoisotopic (exact) mass is 323 g/mol. The number of aryl methyl sites for hydroxylation is 1. The summed E-state index contributed by atoms with van der Waals surface area (Å²) in [6.07, 6.45) is 6.61. The summed E-state index contributed by atoms with van der Waals surface area (Å²) in [6, 6.07) is 9.67. The molecule has 2 heterocycles. The summed E-state index contributed by atoms with van der Waals surface area (Å²) in [5, 5.41) is 3.06. The normalized spacial score (nSPS) is 15.0. The van der Waals surface area contributed by atoms with Crippen LogP contribution in [0.4, 0.5) is 11.5 Å². The van der Waals surface area contributed by atoms with Crippen LogP contribution in [0.5, 0.6) is 0 Å². The molecule has 1 aliphatic heterocycles. The van der Waals surface area contributed by atoms with Crippen LogP contribution in [0.25, 0.3) is 0 Å². The quantitative estimate of drug-likeness (QED) is 0.914. The average Bonchev–Trinajstić information content (AvgIpc) is 2.88. The molecule has 126 valence electrons. The Kier molecular flexibility index (Phi) is 5.14. The topological polar surface area (TPSA) is 45.2 Å². The second-order valence-corrected chi connectivity index (χ2v) is 6.48. The molecule has 0 spiro atoms. The average molecular weight is 323 g/mol. The number of rotatable bonds is 3. The number of aromatic nitrogens is 1. The van der Waals surface area contributed by atoms with Crippen LogP contribution in [0.15, 0.2) is 36.5 Å². The Labute approximate surface area is 143 Å². The Hall–Kier alpha value is -2.36. The van der Waals surface area contributed by atoms with Crippen molar-refractivity contribution in [3.05, 3.63) is 53.2 Å². The Morgan fingerprint density at radius 1 is 1.04 bits per heavy atom. The third-order valence-corrected chi connectivity index (χ3v) is 4.79. The smallest absolute Gasteiger partial charge is 0.259 e. The van der Waals surface area contributed by atoms with Gasteiger partial charge in [0.05, 0.1) is 5.56 Å². The Balaban J connectivity index is 1.86. The van der Waals surface area contributed by atoms with Gasteiger partial charge in [-0.2, -0.15) is 0 Å². The lowest BCUT2D eigenvalue weighted by atomic mass is 10.1. The maximum absolute atomic E-state index is 12.8. The van der Waals surface area contributed by atoms with Gasteiger partial charge in [-0.25, -0.2) is 4.98 Å². The van der Waals surface area contributed by atoms with Crippen molar-refractivity contribution in [3.63, 3.8) is 0 Å². The van der Waals surface area contributed by atoms with E-state index in [0.29, 0.717) is 5.56 Å². The first-order chi connectivity index (χ1) is 11.7. The lowest BCUT2D eigenvalue weighted by Gasteiger charge is -2.23. The molecule has 1 aromatic carbocycles. The molecule has 1 amide bonds. The Morgan fingerprint density at radius 2 is 1.79 bits per heavy atom. The van der Waals surface area contributed by atoms with Crippen molar-refractivity contribution in [1.82, 2.24) is 4.98 Å². The number of nitrogens with one attached hydrogen (secondary N) is 1. The zero-order chi connectivity index (χ0) is 16.9. The first kappa shape index (κ1) is 16.5. The number of nitrogens with zero attached hydrogens (tertiary/aromatic N) is 2. The minimum absolute atomic E-state index is 0.0870. The zero-order valence-electron chi connectivity index (χ0n) is 14.5. The number of benzene rings is 1. The maximum atomic E-state index is 12.8. The van der Waals surface area contributed by atoms with Crippen molar-refractivity contribution >= 4 is 17.4 Å². The highest BCUT2D eigenvalue weighted by atomic mass is 16.1. The summed E-state index contributed by atoms with van der Waals surface area (Å²) >= 11 is 0. The van der Waals surface area contributed by atoms with Gasteiger partial charge >= 0.3 is 0 Å². The van der Waals surface area contributed by atoms with Crippen LogP contribution in [0.3, 0.4) is 0 Å². The molecule has 0 bridgehead atoms. The zero-order valence-corrected chi connectivity index (χ0v) is 14.5. The molecule has 3 rings (SSSR count). The van der Waals surface area contributed by atoms with E-state index in [-0.39, 0.29) is 5.91 Å². The Bertz CT molecular complexity index is 719. The van der Waals surface area contributed by atoms with Crippen molar-refractivity contribution in [1.29, 1.82) is 0 Å². The fraction of sp³-hybridized carbons (Fsp3) is 0.400. The van der Waals surface area contributed by atoms with E-state index in [2.05, 4.69) is 28.2 Å². The largest absolute Gasteiger partial charge is 0.356 e. The van der Waals surface area contributed by atoms with Crippen molar-refractivity contribution in [3.8, 4) is 0 Å². The highest BCUT2D eigenvalue weighted by Crippen LogP contribution is 2.24. The Morgan fingerprint density at radius 3 is 2.54 bits per heavy atom. The van der Waals surface area contributed by atoms with Crippen LogP contribution in [-0.4, -0.2) is 24.0 Å². The predicted molar refractivity (Wildman–Crippen MR) is 98.8 cm³/mol. The molecule has 0 unspecified atom stereocenters. The van der Waals surface area contributed by atoms with E-state index in [4.69, 9.17) is 0 Å². The molecule has 2 aromatic rings. The summed E-state index contributed by atoms with van der Waals surface area (Å²) in [5.74, 6) is 0.721. The third-order valence-electron chi connectivity index (χ3n) is 4.79. The van der Waals surface area contributed by atoms with Gasteiger partial charge in [0.2, 0.25) is 0 Å². The second kappa shape index (κ2) is 7.47. The van der Waals surface area contributed by atoms with E-state index in [1.165, 1.54) is 18.4 Å². The van der Waals surface area contributed by atoms with Gasteiger partial charge in [0.25, 0.3) is 5.91 Å². The highest BCUT2D eigenvalue weighted by molar-refractivity contribution is 6.07. The van der Waals surface area contributed by atoms with Gasteiger partial charge in [-0.15, -0.1) is 0 Å². The predicted octanol–water partition coefficient (Wildman–Crippen LogP) is 4.33. The molecule has 0 atom stereocenters. The number of amides is 1. The van der Waals surface area contributed by atoms with E-state index in [9.17, 15) is 4.79 Å². The molecule has 1 fully saturated rings. The van der Waals surface area contributed by atoms with E-state index >= 15 is 0 Å². The van der Waals surface area contributed by atoms with Gasteiger partial charge in [-0.3, -0.25) is 4.79 Å². The highest BCUT2D eigenvalue weighted by Gasteiger charge is 2.19. The minimum Gasteiger partial charge on any atom is -0.356 e. The van der Waals surface area contributed by atoms with Crippen LogP contribution < -0.4 is 10.2 Å². The van der Waals surface area contributed by atoms with Gasteiger partial charge in [0, 0.05) is 25.0 Å². The molecule has 0 saturated carbocycles. The van der Waals surface area contributed by atoms with Gasteiger partial charge in [0.1, 0.15) is 5.82 Å². The summed E-state index contributed by atoms with van der Waals surface area (Å²) < 4.78 is 0. The number of hydrogen-bond acceptors (Lipinski definition) is 3. The third kappa shape index (κ3) is 3.58. The van der Waals surface area contributed by atoms with Crippen LogP contribution in [0, 0.1) is 13.8 Å². The summed E-state index contributed by atoms with van der Waals surface area (Å²) in [5.41, 5.74) is 3.80. The molecule has 1 aromatic heterocycles. The van der Waals surface area contributed by atoms with Gasteiger partial charge in [-0.1, -0.05) is 25.0 Å². The number of carbonyl (C=O) groups is 1. The number of carbonyl (C=O) groups excluding carboxylic acids is 1. The van der Waals surface area contributed by atoms with Crippen molar-refractivity contribution in [2.75, 3.05) is 23.3 Å². The van der Waals surface area contributed by atoms with Crippen LogP contribution in [0.2, 0.25) is 0 Å². The first-order valence-corrected chi connectivity index (χ1v) is 8.74. The van der Waals surface area contributed by atoms with Gasteiger partial charge < -0.3 is 10.2 Å². The maximum Gasteiger partial charge on any atom is 0.259 e. The van der Waals surface area contributed by atoms with E-state index in [1.807, 2.05) is 31.2 Å². The number of anilines is 2. The first-order valence-electron chi connectivity index (χ1n) is 8.74. The van der Waals surface area contributed by atoms with Crippen LogP contribution in [0.1, 0.15) is 47.2 Å². The standard InChI is InChI=1S/C20H25N3O/c1-15-9-7-11-18(16(15)2)22-20(24)17-10-8-12-21-19(17)23-13-5-3-4-6-14-23/h7-12H,3-6,13-14H2,1-2H3,(H,22,24). The van der Waals surface area contributed by atoms with Crippen LogP contribution in [-0.2, 0) is 0 Å². The molecular weight excluding hydrogens is 298 g/mol. The molecule has 0 aliphatic carbocycles. The van der Waals surface area contributed by atoms with Crippen molar-refractivity contribution in [2.45, 2.75) is 39.5 Å². The fourth-order valence-electron chi connectivity index (χ4n) is 3.18. The lowest BCUT2D eigenvalue weighted by molar-refractivity contribution is 0.102. The molecule has 0 radical (unpaired) electrons. The van der Waals surface area contributed by atoms with E-state index < -0.39 is 0 Å². The van der Waals surface area contributed by atoms with Crippen molar-refractivity contribution in [2.24, 2.45) is 0 Å². The molecule has 4 nitrogen and oxygen atoms in total. The van der Waals surface area contributed by atoms with E-state index in [1.54, 1.807) is 6.20 Å². The molecule has 1 N–H and O–H groups in total. The summed E-state index contributed by atoms with van der Waals surface area (Å²) in [7, 11) is 0.